The van der Waals surface area contributed by atoms with Crippen LogP contribution in [0.4, 0.5) is 11.4 Å². The van der Waals surface area contributed by atoms with Crippen LogP contribution in [0.1, 0.15) is 20.7 Å². The summed E-state index contributed by atoms with van der Waals surface area (Å²) in [5.74, 6) is -0.925. The van der Waals surface area contributed by atoms with Gasteiger partial charge in [-0.05, 0) is 18.2 Å². The van der Waals surface area contributed by atoms with Crippen molar-refractivity contribution in [3.05, 3.63) is 99.4 Å². The number of nitrogens with zero attached hydrogens (tertiary/aromatic N) is 3. The third-order valence-corrected chi connectivity index (χ3v) is 5.91. The number of nitro groups is 1. The molecule has 4 aromatic rings. The SMILES string of the molecule is O=C1c2ccccc2C(=O)N1c1ccc([N+](=O)[O-])cc1-c1nc(-c2ccccc2)cs1. The van der Waals surface area contributed by atoms with Gasteiger partial charge in [0, 0.05) is 28.6 Å². The van der Waals surface area contributed by atoms with E-state index in [0.717, 1.165) is 10.5 Å². The Kier molecular flexibility index (Phi) is 4.41. The number of hydrogen-bond acceptors (Lipinski definition) is 6. The van der Waals surface area contributed by atoms with Crippen LogP contribution in [0, 0.1) is 10.1 Å². The van der Waals surface area contributed by atoms with Crippen molar-refractivity contribution in [3.63, 3.8) is 0 Å². The molecule has 0 saturated carbocycles. The molecule has 0 aliphatic carbocycles. The number of non-ortho nitro benzene ring substituents is 1. The van der Waals surface area contributed by atoms with E-state index in [-0.39, 0.29) is 11.4 Å². The third-order valence-electron chi connectivity index (χ3n) is 5.03. The molecular weight excluding hydrogens is 414 g/mol. The summed E-state index contributed by atoms with van der Waals surface area (Å²) in [6.45, 7) is 0. The highest BCUT2D eigenvalue weighted by Crippen LogP contribution is 2.40. The van der Waals surface area contributed by atoms with Gasteiger partial charge in [0.05, 0.1) is 27.4 Å². The quantitative estimate of drug-likeness (QED) is 0.254. The summed E-state index contributed by atoms with van der Waals surface area (Å²) in [6.07, 6.45) is 0. The Balaban J connectivity index is 1.65. The van der Waals surface area contributed by atoms with Crippen molar-refractivity contribution in [3.8, 4) is 21.8 Å². The second-order valence-electron chi connectivity index (χ2n) is 6.85. The first-order valence-corrected chi connectivity index (χ1v) is 10.2. The summed E-state index contributed by atoms with van der Waals surface area (Å²) < 4.78 is 0. The molecule has 0 atom stereocenters. The monoisotopic (exact) mass is 427 g/mol. The molecule has 150 valence electrons. The molecule has 0 radical (unpaired) electrons. The zero-order chi connectivity index (χ0) is 21.5. The van der Waals surface area contributed by atoms with Crippen molar-refractivity contribution in [2.75, 3.05) is 4.90 Å². The molecule has 0 spiro atoms. The average molecular weight is 427 g/mol. The van der Waals surface area contributed by atoms with Gasteiger partial charge in [0.25, 0.3) is 17.5 Å². The summed E-state index contributed by atoms with van der Waals surface area (Å²) >= 11 is 1.29. The first-order valence-electron chi connectivity index (χ1n) is 9.32. The first kappa shape index (κ1) is 18.8. The Morgan fingerprint density at radius 3 is 2.13 bits per heavy atom. The number of hydrogen-bond donors (Lipinski definition) is 0. The van der Waals surface area contributed by atoms with Gasteiger partial charge >= 0.3 is 0 Å². The number of fused-ring (bicyclic) bond motifs is 1. The molecule has 0 unspecified atom stereocenters. The van der Waals surface area contributed by atoms with Gasteiger partial charge in [-0.15, -0.1) is 11.3 Å². The number of imide groups is 1. The molecule has 0 bridgehead atoms. The van der Waals surface area contributed by atoms with Gasteiger partial charge < -0.3 is 0 Å². The van der Waals surface area contributed by atoms with Gasteiger partial charge in [0.15, 0.2) is 0 Å². The molecular formula is C23H13N3O4S. The number of amides is 2. The van der Waals surface area contributed by atoms with E-state index in [1.54, 1.807) is 24.3 Å². The van der Waals surface area contributed by atoms with E-state index < -0.39 is 16.7 Å². The highest BCUT2D eigenvalue weighted by Gasteiger charge is 2.38. The van der Waals surface area contributed by atoms with E-state index in [0.29, 0.717) is 27.4 Å². The highest BCUT2D eigenvalue weighted by molar-refractivity contribution is 7.13. The van der Waals surface area contributed by atoms with Crippen LogP contribution in [0.5, 0.6) is 0 Å². The predicted molar refractivity (Wildman–Crippen MR) is 117 cm³/mol. The van der Waals surface area contributed by atoms with Gasteiger partial charge in [-0.2, -0.15) is 0 Å². The van der Waals surface area contributed by atoms with E-state index in [4.69, 9.17) is 0 Å². The molecule has 0 saturated heterocycles. The number of carbonyl (C=O) groups excluding carboxylic acids is 2. The van der Waals surface area contributed by atoms with Crippen LogP contribution in [0.2, 0.25) is 0 Å². The maximum atomic E-state index is 13.0. The Morgan fingerprint density at radius 2 is 1.48 bits per heavy atom. The zero-order valence-electron chi connectivity index (χ0n) is 15.9. The minimum atomic E-state index is -0.513. The van der Waals surface area contributed by atoms with Crippen LogP contribution in [-0.4, -0.2) is 21.7 Å². The van der Waals surface area contributed by atoms with Crippen LogP contribution in [-0.2, 0) is 0 Å². The fourth-order valence-corrected chi connectivity index (χ4v) is 4.40. The third kappa shape index (κ3) is 3.10. The maximum absolute atomic E-state index is 13.0. The van der Waals surface area contributed by atoms with Crippen LogP contribution >= 0.6 is 11.3 Å². The largest absolute Gasteiger partial charge is 0.270 e. The summed E-state index contributed by atoms with van der Waals surface area (Å²) in [6, 6.07) is 20.2. The zero-order valence-corrected chi connectivity index (χ0v) is 16.7. The number of rotatable bonds is 4. The van der Waals surface area contributed by atoms with Crippen LogP contribution in [0.15, 0.2) is 78.2 Å². The van der Waals surface area contributed by atoms with Crippen molar-refractivity contribution in [2.45, 2.75) is 0 Å². The molecule has 2 amide bonds. The van der Waals surface area contributed by atoms with Crippen molar-refractivity contribution in [2.24, 2.45) is 0 Å². The lowest BCUT2D eigenvalue weighted by Crippen LogP contribution is -2.29. The molecule has 3 aromatic carbocycles. The summed E-state index contributed by atoms with van der Waals surface area (Å²) in [5.41, 5.74) is 2.70. The van der Waals surface area contributed by atoms with Crippen molar-refractivity contribution < 1.29 is 14.5 Å². The smallest absolute Gasteiger partial charge is 0.268 e. The van der Waals surface area contributed by atoms with Crippen molar-refractivity contribution in [1.82, 2.24) is 4.98 Å². The number of benzene rings is 3. The number of anilines is 1. The van der Waals surface area contributed by atoms with Crippen LogP contribution in [0.3, 0.4) is 0 Å². The van der Waals surface area contributed by atoms with E-state index in [9.17, 15) is 19.7 Å². The minimum absolute atomic E-state index is 0.146. The van der Waals surface area contributed by atoms with Crippen LogP contribution in [0.25, 0.3) is 21.8 Å². The standard InChI is InChI=1S/C23H13N3O4S/c27-22-16-8-4-5-9-17(16)23(28)25(22)20-11-10-15(26(29)30)12-18(20)21-24-19(13-31-21)14-6-2-1-3-7-14/h1-13H. The second-order valence-corrected chi connectivity index (χ2v) is 7.71. The topological polar surface area (TPSA) is 93.4 Å². The van der Waals surface area contributed by atoms with Crippen LogP contribution < -0.4 is 4.90 Å². The number of thiazole rings is 1. The fraction of sp³-hybridized carbons (Fsp3) is 0. The van der Waals surface area contributed by atoms with E-state index in [1.807, 2.05) is 35.7 Å². The maximum Gasteiger partial charge on any atom is 0.270 e. The minimum Gasteiger partial charge on any atom is -0.268 e. The summed E-state index contributed by atoms with van der Waals surface area (Å²) in [4.78, 5) is 42.6. The fourth-order valence-electron chi connectivity index (χ4n) is 3.55. The first-order chi connectivity index (χ1) is 15.0. The van der Waals surface area contributed by atoms with Crippen molar-refractivity contribution in [1.29, 1.82) is 0 Å². The van der Waals surface area contributed by atoms with E-state index in [1.165, 1.54) is 29.5 Å². The van der Waals surface area contributed by atoms with Gasteiger partial charge in [0.2, 0.25) is 0 Å². The lowest BCUT2D eigenvalue weighted by molar-refractivity contribution is -0.384. The van der Waals surface area contributed by atoms with Gasteiger partial charge in [-0.1, -0.05) is 42.5 Å². The van der Waals surface area contributed by atoms with Gasteiger partial charge in [0.1, 0.15) is 5.01 Å². The van der Waals surface area contributed by atoms with Gasteiger partial charge in [-0.3, -0.25) is 19.7 Å². The number of aromatic nitrogens is 1. The molecule has 2 heterocycles. The average Bonchev–Trinajstić information content (AvgIpc) is 3.38. The van der Waals surface area contributed by atoms with Crippen molar-refractivity contribution >= 4 is 34.5 Å². The normalized spacial score (nSPS) is 12.8. The Hall–Kier alpha value is -4.17. The molecule has 0 N–H and O–H groups in total. The second kappa shape index (κ2) is 7.26. The van der Waals surface area contributed by atoms with E-state index in [2.05, 4.69) is 4.98 Å². The number of nitro benzene ring substituents is 1. The Bertz CT molecular complexity index is 1330. The molecule has 7 nitrogen and oxygen atoms in total. The Morgan fingerprint density at radius 1 is 0.839 bits per heavy atom. The molecule has 0 fully saturated rings. The predicted octanol–water partition coefficient (Wildman–Crippen LogP) is 5.19. The molecule has 8 heteroatoms. The highest BCUT2D eigenvalue weighted by atomic mass is 32.1. The molecule has 5 rings (SSSR count). The molecule has 1 aliphatic rings. The molecule has 1 aliphatic heterocycles. The summed E-state index contributed by atoms with van der Waals surface area (Å²) in [7, 11) is 0. The summed E-state index contributed by atoms with van der Waals surface area (Å²) in [5, 5.41) is 13.7. The lowest BCUT2D eigenvalue weighted by Gasteiger charge is -2.17. The molecule has 31 heavy (non-hydrogen) atoms. The van der Waals surface area contributed by atoms with Gasteiger partial charge in [-0.25, -0.2) is 9.88 Å². The number of carbonyl (C=O) groups is 2. The van der Waals surface area contributed by atoms with E-state index >= 15 is 0 Å². The molecule has 1 aromatic heterocycles. The Labute approximate surface area is 180 Å². The lowest BCUT2D eigenvalue weighted by atomic mass is 10.1.